The van der Waals surface area contributed by atoms with Gasteiger partial charge in [0.05, 0.1) is 45.9 Å². The molecule has 0 saturated heterocycles. The second kappa shape index (κ2) is 9.34. The van der Waals surface area contributed by atoms with E-state index in [1.54, 1.807) is 0 Å². The monoisotopic (exact) mass is 450 g/mol. The van der Waals surface area contributed by atoms with Gasteiger partial charge in [0.25, 0.3) is 0 Å². The normalized spacial score (nSPS) is 12.2. The molecule has 2 aromatic carbocycles. The predicted molar refractivity (Wildman–Crippen MR) is 135 cm³/mol. The lowest BCUT2D eigenvalue weighted by Gasteiger charge is -2.24. The van der Waals surface area contributed by atoms with Gasteiger partial charge in [-0.05, 0) is 102 Å². The van der Waals surface area contributed by atoms with Crippen LogP contribution in [-0.4, -0.2) is 0 Å². The fourth-order valence-electron chi connectivity index (χ4n) is 3.66. The van der Waals surface area contributed by atoms with Gasteiger partial charge >= 0.3 is 0 Å². The number of hydrogen-bond donors (Lipinski definition) is 0. The Bertz CT molecular complexity index is 1060. The quantitative estimate of drug-likeness (QED) is 0.470. The van der Waals surface area contributed by atoms with E-state index in [2.05, 4.69) is 48.5 Å². The number of aryl methyl sites for hydroxylation is 2. The van der Waals surface area contributed by atoms with Crippen LogP contribution in [0.3, 0.4) is 0 Å². The molecule has 2 aromatic rings. The molecule has 0 aromatic heterocycles. The van der Waals surface area contributed by atoms with Gasteiger partial charge in [-0.2, -0.15) is 21.0 Å². The van der Waals surface area contributed by atoms with Crippen molar-refractivity contribution in [1.29, 1.82) is 21.0 Å². The summed E-state index contributed by atoms with van der Waals surface area (Å²) in [7, 11) is 0. The second-order valence-corrected chi connectivity index (χ2v) is 11.3. The summed E-state index contributed by atoms with van der Waals surface area (Å²) < 4.78 is 0. The molecule has 34 heavy (non-hydrogen) atoms. The maximum atomic E-state index is 9.69. The van der Waals surface area contributed by atoms with E-state index in [1.165, 1.54) is 0 Å². The molecule has 0 atom stereocenters. The van der Waals surface area contributed by atoms with E-state index < -0.39 is 21.7 Å². The average molecular weight is 451 g/mol. The van der Waals surface area contributed by atoms with Crippen molar-refractivity contribution in [2.24, 2.45) is 0 Å². The molecule has 0 aliphatic rings. The molecule has 2 rings (SSSR count). The third-order valence-electron chi connectivity index (χ3n) is 6.69. The maximum Gasteiger partial charge on any atom is 0.0766 e. The van der Waals surface area contributed by atoms with Crippen molar-refractivity contribution >= 4 is 0 Å². The molecule has 174 valence electrons. The fraction of sp³-hybridized carbons (Fsp3) is 0.467. The lowest BCUT2D eigenvalue weighted by Crippen LogP contribution is -2.20. The average Bonchev–Trinajstić information content (AvgIpc) is 2.82. The number of hydrogen-bond acceptors (Lipinski definition) is 4. The molecule has 0 bridgehead atoms. The molecule has 0 amide bonds. The van der Waals surface area contributed by atoms with Gasteiger partial charge in [0.1, 0.15) is 0 Å². The SMILES string of the molecule is CC(C)(C#N)c1cc(CCc2cc(C(C)(C)C#N)cc(C(C)(C)C#N)c2)cc(C(C)(C)C#N)c1. The number of nitriles is 4. The largest absolute Gasteiger partial charge is 0.197 e. The Balaban J connectivity index is 2.56. The van der Waals surface area contributed by atoms with Gasteiger partial charge in [0.2, 0.25) is 0 Å². The summed E-state index contributed by atoms with van der Waals surface area (Å²) in [6.45, 7) is 15.1. The molecular formula is C30H34N4. The van der Waals surface area contributed by atoms with Crippen molar-refractivity contribution < 1.29 is 0 Å². The Kier molecular flexibility index (Phi) is 7.32. The first-order valence-electron chi connectivity index (χ1n) is 11.6. The lowest BCUT2D eigenvalue weighted by molar-refractivity contribution is 0.655. The van der Waals surface area contributed by atoms with E-state index >= 15 is 0 Å². The van der Waals surface area contributed by atoms with Gasteiger partial charge in [-0.1, -0.05) is 36.4 Å². The van der Waals surface area contributed by atoms with Crippen LogP contribution in [0.15, 0.2) is 36.4 Å². The minimum atomic E-state index is -0.670. The molecule has 4 nitrogen and oxygen atoms in total. The molecule has 0 spiro atoms. The van der Waals surface area contributed by atoms with E-state index in [0.29, 0.717) is 12.8 Å². The van der Waals surface area contributed by atoms with Crippen LogP contribution >= 0.6 is 0 Å². The summed E-state index contributed by atoms with van der Waals surface area (Å²) >= 11 is 0. The molecule has 0 radical (unpaired) electrons. The van der Waals surface area contributed by atoms with Crippen molar-refractivity contribution in [3.63, 3.8) is 0 Å². The Morgan fingerprint density at radius 2 is 0.647 bits per heavy atom. The molecule has 0 heterocycles. The zero-order chi connectivity index (χ0) is 25.9. The van der Waals surface area contributed by atoms with E-state index in [0.717, 1.165) is 33.4 Å². The standard InChI is InChI=1S/C30H34N4/c1-27(2,17-31)23-11-21(12-24(15-23)28(3,4)18-32)9-10-22-13-25(29(5,6)19-33)16-26(14-22)30(7,8)20-34/h11-16H,9-10H2,1-8H3. The first-order chi connectivity index (χ1) is 15.6. The van der Waals surface area contributed by atoms with Gasteiger partial charge in [0, 0.05) is 0 Å². The number of rotatable bonds is 7. The summed E-state index contributed by atoms with van der Waals surface area (Å²) in [5.74, 6) is 0. The van der Waals surface area contributed by atoms with Crippen LogP contribution < -0.4 is 0 Å². The van der Waals surface area contributed by atoms with Crippen LogP contribution in [-0.2, 0) is 34.5 Å². The molecule has 0 aliphatic carbocycles. The van der Waals surface area contributed by atoms with Crippen LogP contribution in [0.1, 0.15) is 88.8 Å². The van der Waals surface area contributed by atoms with Gasteiger partial charge in [0.15, 0.2) is 0 Å². The Labute approximate surface area is 205 Å². The van der Waals surface area contributed by atoms with Gasteiger partial charge in [-0.15, -0.1) is 0 Å². The highest BCUT2D eigenvalue weighted by Crippen LogP contribution is 2.33. The Morgan fingerprint density at radius 1 is 0.441 bits per heavy atom. The molecule has 0 aliphatic heterocycles. The van der Waals surface area contributed by atoms with Crippen molar-refractivity contribution in [3.8, 4) is 24.3 Å². The summed E-state index contributed by atoms with van der Waals surface area (Å²) in [6.07, 6.45) is 1.43. The molecule has 0 saturated carbocycles. The van der Waals surface area contributed by atoms with Gasteiger partial charge < -0.3 is 0 Å². The van der Waals surface area contributed by atoms with Crippen LogP contribution in [0, 0.1) is 45.3 Å². The van der Waals surface area contributed by atoms with E-state index in [-0.39, 0.29) is 0 Å². The van der Waals surface area contributed by atoms with Gasteiger partial charge in [-0.25, -0.2) is 0 Å². The number of benzene rings is 2. The summed E-state index contributed by atoms with van der Waals surface area (Å²) in [5.41, 5.74) is 3.04. The highest BCUT2D eigenvalue weighted by atomic mass is 14.4. The predicted octanol–water partition coefficient (Wildman–Crippen LogP) is 6.68. The summed E-state index contributed by atoms with van der Waals surface area (Å²) in [4.78, 5) is 0. The smallest absolute Gasteiger partial charge is 0.0766 e. The first-order valence-corrected chi connectivity index (χ1v) is 11.6. The first kappa shape index (κ1) is 26.7. The van der Waals surface area contributed by atoms with Crippen LogP contribution in [0.2, 0.25) is 0 Å². The zero-order valence-corrected chi connectivity index (χ0v) is 21.7. The lowest BCUT2D eigenvalue weighted by atomic mass is 9.77. The van der Waals surface area contributed by atoms with E-state index in [4.69, 9.17) is 0 Å². The van der Waals surface area contributed by atoms with Crippen LogP contribution in [0.25, 0.3) is 0 Å². The van der Waals surface area contributed by atoms with Crippen molar-refractivity contribution in [3.05, 3.63) is 69.8 Å². The number of nitrogens with zero attached hydrogens (tertiary/aromatic N) is 4. The van der Waals surface area contributed by atoms with Crippen LogP contribution in [0.4, 0.5) is 0 Å². The van der Waals surface area contributed by atoms with Crippen molar-refractivity contribution in [1.82, 2.24) is 0 Å². The highest BCUT2D eigenvalue weighted by Gasteiger charge is 2.28. The van der Waals surface area contributed by atoms with E-state index in [9.17, 15) is 21.0 Å². The van der Waals surface area contributed by atoms with E-state index in [1.807, 2.05) is 67.5 Å². The molecular weight excluding hydrogens is 416 g/mol. The van der Waals surface area contributed by atoms with Crippen LogP contribution in [0.5, 0.6) is 0 Å². The summed E-state index contributed by atoms with van der Waals surface area (Å²) in [5, 5.41) is 38.8. The topological polar surface area (TPSA) is 95.2 Å². The zero-order valence-electron chi connectivity index (χ0n) is 21.7. The minimum absolute atomic E-state index is 0.670. The molecule has 4 heteroatoms. The molecule has 0 unspecified atom stereocenters. The minimum Gasteiger partial charge on any atom is -0.197 e. The van der Waals surface area contributed by atoms with Gasteiger partial charge in [-0.3, -0.25) is 0 Å². The van der Waals surface area contributed by atoms with Crippen molar-refractivity contribution in [2.75, 3.05) is 0 Å². The second-order valence-electron chi connectivity index (χ2n) is 11.3. The Hall–Kier alpha value is -3.60. The third-order valence-corrected chi connectivity index (χ3v) is 6.69. The Morgan fingerprint density at radius 3 is 0.824 bits per heavy atom. The maximum absolute atomic E-state index is 9.69. The molecule has 0 fully saturated rings. The highest BCUT2D eigenvalue weighted by molar-refractivity contribution is 5.45. The van der Waals surface area contributed by atoms with Crippen molar-refractivity contribution in [2.45, 2.75) is 89.9 Å². The third kappa shape index (κ3) is 5.66. The molecule has 0 N–H and O–H groups in total. The summed E-state index contributed by atoms with van der Waals surface area (Å²) in [6, 6.07) is 21.7. The fourth-order valence-corrected chi connectivity index (χ4v) is 3.66.